The van der Waals surface area contributed by atoms with Crippen LogP contribution in [0.5, 0.6) is 0 Å². The molecule has 0 N–H and O–H groups in total. The van der Waals surface area contributed by atoms with Crippen LogP contribution in [0.4, 0.5) is 0 Å². The van der Waals surface area contributed by atoms with Crippen LogP contribution in [0.3, 0.4) is 0 Å². The van der Waals surface area contributed by atoms with Crippen LogP contribution >= 0.6 is 0 Å². The van der Waals surface area contributed by atoms with Gasteiger partial charge in [0.1, 0.15) is 5.52 Å². The summed E-state index contributed by atoms with van der Waals surface area (Å²) in [6, 6.07) is 4.50. The van der Waals surface area contributed by atoms with E-state index in [9.17, 15) is 0 Å². The fraction of sp³-hybridized carbons (Fsp3) is 0.538. The van der Waals surface area contributed by atoms with Crippen molar-refractivity contribution in [3.05, 3.63) is 24.7 Å². The molecule has 0 amide bonds. The van der Waals surface area contributed by atoms with Crippen molar-refractivity contribution >= 4 is 11.2 Å². The Bertz CT molecular complexity index is 505. The second-order valence-corrected chi connectivity index (χ2v) is 4.69. The smallest absolute Gasteiger partial charge is 0.160 e. The fourth-order valence-corrected chi connectivity index (χ4v) is 2.68. The van der Waals surface area contributed by atoms with Crippen LogP contribution in [0.25, 0.3) is 11.2 Å². The SMILES string of the molecule is CCN1CCCC(n2cnc3cccnc32)C1. The minimum absolute atomic E-state index is 0.531. The number of nitrogens with zero attached hydrogens (tertiary/aromatic N) is 4. The summed E-state index contributed by atoms with van der Waals surface area (Å²) in [5, 5.41) is 0. The summed E-state index contributed by atoms with van der Waals surface area (Å²) in [6.45, 7) is 5.72. The van der Waals surface area contributed by atoms with Crippen molar-refractivity contribution in [1.82, 2.24) is 19.4 Å². The molecule has 1 aliphatic heterocycles. The molecule has 1 atom stereocenters. The van der Waals surface area contributed by atoms with Crippen molar-refractivity contribution in [2.75, 3.05) is 19.6 Å². The molecule has 1 fully saturated rings. The molecule has 1 aliphatic rings. The first-order valence-electron chi connectivity index (χ1n) is 6.38. The molecule has 2 aromatic rings. The van der Waals surface area contributed by atoms with Crippen LogP contribution in [-0.4, -0.2) is 39.1 Å². The molecule has 0 saturated carbocycles. The highest BCUT2D eigenvalue weighted by Crippen LogP contribution is 2.24. The first-order valence-corrected chi connectivity index (χ1v) is 6.38. The van der Waals surface area contributed by atoms with Gasteiger partial charge in [0.2, 0.25) is 0 Å². The summed E-state index contributed by atoms with van der Waals surface area (Å²) in [5.41, 5.74) is 2.02. The summed E-state index contributed by atoms with van der Waals surface area (Å²) in [7, 11) is 0. The van der Waals surface area contributed by atoms with Gasteiger partial charge in [-0.25, -0.2) is 9.97 Å². The van der Waals surface area contributed by atoms with Gasteiger partial charge < -0.3 is 9.47 Å². The van der Waals surface area contributed by atoms with E-state index in [1.807, 2.05) is 24.7 Å². The number of hydrogen-bond donors (Lipinski definition) is 0. The topological polar surface area (TPSA) is 34.0 Å². The predicted octanol–water partition coefficient (Wildman–Crippen LogP) is 2.09. The van der Waals surface area contributed by atoms with E-state index in [2.05, 4.69) is 26.4 Å². The van der Waals surface area contributed by atoms with Crippen molar-refractivity contribution in [2.24, 2.45) is 0 Å². The van der Waals surface area contributed by atoms with Crippen LogP contribution in [0.15, 0.2) is 24.7 Å². The summed E-state index contributed by atoms with van der Waals surface area (Å²) in [6.07, 6.45) is 6.30. The van der Waals surface area contributed by atoms with E-state index in [0.717, 1.165) is 24.3 Å². The maximum atomic E-state index is 4.45. The van der Waals surface area contributed by atoms with E-state index in [1.54, 1.807) is 0 Å². The Morgan fingerprint density at radius 3 is 3.24 bits per heavy atom. The lowest BCUT2D eigenvalue weighted by atomic mass is 10.1. The van der Waals surface area contributed by atoms with Crippen molar-refractivity contribution in [1.29, 1.82) is 0 Å². The maximum Gasteiger partial charge on any atom is 0.160 e. The molecule has 0 aliphatic carbocycles. The van der Waals surface area contributed by atoms with Gasteiger partial charge in [-0.2, -0.15) is 0 Å². The molecule has 3 heterocycles. The largest absolute Gasteiger partial charge is 0.311 e. The average molecular weight is 230 g/mol. The quantitative estimate of drug-likeness (QED) is 0.792. The number of aromatic nitrogens is 3. The zero-order chi connectivity index (χ0) is 11.7. The Kier molecular flexibility index (Phi) is 2.81. The normalized spacial score (nSPS) is 22.1. The number of fused-ring (bicyclic) bond motifs is 1. The summed E-state index contributed by atoms with van der Waals surface area (Å²) >= 11 is 0. The first kappa shape index (κ1) is 10.7. The molecule has 1 unspecified atom stereocenters. The van der Waals surface area contributed by atoms with E-state index < -0.39 is 0 Å². The molecule has 0 radical (unpaired) electrons. The Labute approximate surface area is 101 Å². The van der Waals surface area contributed by atoms with E-state index in [4.69, 9.17) is 0 Å². The molecular weight excluding hydrogens is 212 g/mol. The van der Waals surface area contributed by atoms with Crippen molar-refractivity contribution < 1.29 is 0 Å². The third-order valence-electron chi connectivity index (χ3n) is 3.65. The van der Waals surface area contributed by atoms with Crippen LogP contribution in [-0.2, 0) is 0 Å². The van der Waals surface area contributed by atoms with E-state index >= 15 is 0 Å². The maximum absolute atomic E-state index is 4.45. The minimum Gasteiger partial charge on any atom is -0.311 e. The lowest BCUT2D eigenvalue weighted by Gasteiger charge is -2.32. The second kappa shape index (κ2) is 4.45. The molecule has 17 heavy (non-hydrogen) atoms. The molecule has 0 bridgehead atoms. The van der Waals surface area contributed by atoms with Gasteiger partial charge in [0.25, 0.3) is 0 Å². The number of likely N-dealkylation sites (N-methyl/N-ethyl adjacent to an activating group) is 1. The number of rotatable bonds is 2. The van der Waals surface area contributed by atoms with Crippen LogP contribution in [0.1, 0.15) is 25.8 Å². The molecule has 1 saturated heterocycles. The van der Waals surface area contributed by atoms with Crippen LogP contribution in [0.2, 0.25) is 0 Å². The van der Waals surface area contributed by atoms with Crippen LogP contribution < -0.4 is 0 Å². The highest BCUT2D eigenvalue weighted by Gasteiger charge is 2.21. The predicted molar refractivity (Wildman–Crippen MR) is 67.9 cm³/mol. The second-order valence-electron chi connectivity index (χ2n) is 4.69. The standard InChI is InChI=1S/C13H18N4/c1-2-16-8-4-5-11(9-16)17-10-15-12-6-3-7-14-13(12)17/h3,6-7,10-11H,2,4-5,8-9H2,1H3. The number of imidazole rings is 1. The molecule has 0 aromatic carbocycles. The highest BCUT2D eigenvalue weighted by atomic mass is 15.2. The molecule has 2 aromatic heterocycles. The Hall–Kier alpha value is -1.42. The number of piperidine rings is 1. The van der Waals surface area contributed by atoms with E-state index in [0.29, 0.717) is 6.04 Å². The van der Waals surface area contributed by atoms with Crippen molar-refractivity contribution in [2.45, 2.75) is 25.8 Å². The first-order chi connectivity index (χ1) is 8.38. The zero-order valence-corrected chi connectivity index (χ0v) is 10.2. The molecule has 90 valence electrons. The van der Waals surface area contributed by atoms with E-state index in [1.165, 1.54) is 19.4 Å². The molecule has 4 nitrogen and oxygen atoms in total. The molecular formula is C13H18N4. The lowest BCUT2D eigenvalue weighted by Crippen LogP contribution is -2.36. The Morgan fingerprint density at radius 2 is 2.35 bits per heavy atom. The number of pyridine rings is 1. The summed E-state index contributed by atoms with van der Waals surface area (Å²) < 4.78 is 2.25. The van der Waals surface area contributed by atoms with Gasteiger partial charge in [-0.1, -0.05) is 6.92 Å². The van der Waals surface area contributed by atoms with Gasteiger partial charge in [0, 0.05) is 18.8 Å². The van der Waals surface area contributed by atoms with E-state index in [-0.39, 0.29) is 0 Å². The highest BCUT2D eigenvalue weighted by molar-refractivity contribution is 5.70. The zero-order valence-electron chi connectivity index (χ0n) is 10.2. The molecule has 0 spiro atoms. The molecule has 4 heteroatoms. The van der Waals surface area contributed by atoms with Crippen molar-refractivity contribution in [3.63, 3.8) is 0 Å². The lowest BCUT2D eigenvalue weighted by molar-refractivity contribution is 0.187. The van der Waals surface area contributed by atoms with Gasteiger partial charge in [-0.3, -0.25) is 0 Å². The third-order valence-corrected chi connectivity index (χ3v) is 3.65. The monoisotopic (exact) mass is 230 g/mol. The van der Waals surface area contributed by atoms with Crippen LogP contribution in [0, 0.1) is 0 Å². The summed E-state index contributed by atoms with van der Waals surface area (Å²) in [5.74, 6) is 0. The van der Waals surface area contributed by atoms with Gasteiger partial charge in [0.05, 0.1) is 6.33 Å². The third kappa shape index (κ3) is 1.93. The van der Waals surface area contributed by atoms with Gasteiger partial charge in [-0.15, -0.1) is 0 Å². The van der Waals surface area contributed by atoms with Gasteiger partial charge in [-0.05, 0) is 38.1 Å². The molecule has 3 rings (SSSR count). The minimum atomic E-state index is 0.531. The van der Waals surface area contributed by atoms with Gasteiger partial charge in [0.15, 0.2) is 5.65 Å². The fourth-order valence-electron chi connectivity index (χ4n) is 2.68. The Balaban J connectivity index is 1.92. The Morgan fingerprint density at radius 1 is 1.41 bits per heavy atom. The van der Waals surface area contributed by atoms with Gasteiger partial charge >= 0.3 is 0 Å². The van der Waals surface area contributed by atoms with Crippen molar-refractivity contribution in [3.8, 4) is 0 Å². The number of likely N-dealkylation sites (tertiary alicyclic amines) is 1. The number of hydrogen-bond acceptors (Lipinski definition) is 3. The average Bonchev–Trinajstić information content (AvgIpc) is 2.82. The summed E-state index contributed by atoms with van der Waals surface area (Å²) in [4.78, 5) is 11.4.